The molecule has 0 saturated carbocycles. The molecule has 0 spiro atoms. The largest absolute Gasteiger partial charge is 0.459 e. The Morgan fingerprint density at radius 1 is 1.14 bits per heavy atom. The highest BCUT2D eigenvalue weighted by Crippen LogP contribution is 2.17. The number of nitrogens with zero attached hydrogens (tertiary/aromatic N) is 2. The van der Waals surface area contributed by atoms with Gasteiger partial charge in [-0.1, -0.05) is 12.1 Å². The van der Waals surface area contributed by atoms with Crippen molar-refractivity contribution in [2.45, 2.75) is 11.4 Å². The third kappa shape index (κ3) is 3.54. The van der Waals surface area contributed by atoms with Crippen molar-refractivity contribution < 1.29 is 9.21 Å². The Hall–Kier alpha value is -1.72. The lowest BCUT2D eigenvalue weighted by Crippen LogP contribution is -2.48. The van der Waals surface area contributed by atoms with Crippen molar-refractivity contribution in [3.63, 3.8) is 0 Å². The van der Waals surface area contributed by atoms with E-state index >= 15 is 0 Å². The lowest BCUT2D eigenvalue weighted by atomic mass is 10.2. The number of carbonyl (C=O) groups is 1. The lowest BCUT2D eigenvalue weighted by molar-refractivity contribution is 0.0598. The molecular formula is C17H20N2O2S. The molecule has 0 N–H and O–H groups in total. The lowest BCUT2D eigenvalue weighted by Gasteiger charge is -2.34. The fourth-order valence-electron chi connectivity index (χ4n) is 2.65. The van der Waals surface area contributed by atoms with Gasteiger partial charge in [0.25, 0.3) is 5.91 Å². The number of thioether (sulfide) groups is 1. The van der Waals surface area contributed by atoms with Gasteiger partial charge in [-0.05, 0) is 36.1 Å². The summed E-state index contributed by atoms with van der Waals surface area (Å²) < 4.78 is 5.19. The van der Waals surface area contributed by atoms with Gasteiger partial charge >= 0.3 is 0 Å². The maximum absolute atomic E-state index is 12.2. The molecule has 1 saturated heterocycles. The summed E-state index contributed by atoms with van der Waals surface area (Å²) in [6.07, 6.45) is 3.63. The fourth-order valence-corrected chi connectivity index (χ4v) is 3.06. The summed E-state index contributed by atoms with van der Waals surface area (Å²) in [6.45, 7) is 4.25. The molecule has 1 aromatic heterocycles. The Kier molecular flexibility index (Phi) is 4.85. The minimum atomic E-state index is -0.00558. The molecule has 4 nitrogen and oxygen atoms in total. The second-order valence-electron chi connectivity index (χ2n) is 5.39. The first-order valence-corrected chi connectivity index (χ1v) is 8.67. The predicted molar refractivity (Wildman–Crippen MR) is 88.1 cm³/mol. The SMILES string of the molecule is CSc1ccc(CN2CCN(C(=O)c3ccco3)CC2)cc1. The molecule has 2 heterocycles. The zero-order chi connectivity index (χ0) is 15.4. The molecule has 2 aromatic rings. The minimum Gasteiger partial charge on any atom is -0.459 e. The van der Waals surface area contributed by atoms with E-state index in [9.17, 15) is 4.79 Å². The molecule has 0 bridgehead atoms. The number of hydrogen-bond donors (Lipinski definition) is 0. The molecule has 22 heavy (non-hydrogen) atoms. The zero-order valence-corrected chi connectivity index (χ0v) is 13.5. The highest BCUT2D eigenvalue weighted by Gasteiger charge is 2.23. The Balaban J connectivity index is 1.52. The van der Waals surface area contributed by atoms with Crippen LogP contribution in [0.3, 0.4) is 0 Å². The molecule has 0 atom stereocenters. The Bertz CT molecular complexity index is 602. The second kappa shape index (κ2) is 7.03. The van der Waals surface area contributed by atoms with Crippen molar-refractivity contribution in [3.05, 3.63) is 54.0 Å². The van der Waals surface area contributed by atoms with Crippen LogP contribution in [-0.2, 0) is 6.54 Å². The standard InChI is InChI=1S/C17H20N2O2S/c1-22-15-6-4-14(5-7-15)13-18-8-10-19(11-9-18)17(20)16-3-2-12-21-16/h2-7,12H,8-11,13H2,1H3. The summed E-state index contributed by atoms with van der Waals surface area (Å²) in [5.74, 6) is 0.426. The van der Waals surface area contributed by atoms with Crippen LogP contribution >= 0.6 is 11.8 Å². The third-order valence-electron chi connectivity index (χ3n) is 3.96. The summed E-state index contributed by atoms with van der Waals surface area (Å²) in [7, 11) is 0. The number of benzene rings is 1. The van der Waals surface area contributed by atoms with Crippen LogP contribution in [0.25, 0.3) is 0 Å². The van der Waals surface area contributed by atoms with Gasteiger partial charge in [-0.25, -0.2) is 0 Å². The third-order valence-corrected chi connectivity index (χ3v) is 4.70. The van der Waals surface area contributed by atoms with E-state index in [0.717, 1.165) is 32.7 Å². The van der Waals surface area contributed by atoms with Gasteiger partial charge < -0.3 is 9.32 Å². The van der Waals surface area contributed by atoms with E-state index in [1.165, 1.54) is 10.5 Å². The molecule has 5 heteroatoms. The molecule has 1 amide bonds. The number of rotatable bonds is 4. The topological polar surface area (TPSA) is 36.7 Å². The van der Waals surface area contributed by atoms with Crippen molar-refractivity contribution in [2.75, 3.05) is 32.4 Å². The Morgan fingerprint density at radius 3 is 2.45 bits per heavy atom. The summed E-state index contributed by atoms with van der Waals surface area (Å²) in [6, 6.07) is 12.2. The molecule has 1 aliphatic heterocycles. The van der Waals surface area contributed by atoms with Crippen LogP contribution in [0.2, 0.25) is 0 Å². The average Bonchev–Trinajstić information content (AvgIpc) is 3.10. The van der Waals surface area contributed by atoms with Gasteiger partial charge in [0.05, 0.1) is 6.26 Å². The molecular weight excluding hydrogens is 296 g/mol. The van der Waals surface area contributed by atoms with Crippen LogP contribution in [0.1, 0.15) is 16.1 Å². The molecule has 3 rings (SSSR count). The zero-order valence-electron chi connectivity index (χ0n) is 12.7. The summed E-state index contributed by atoms with van der Waals surface area (Å²) in [5.41, 5.74) is 1.32. The Morgan fingerprint density at radius 2 is 1.86 bits per heavy atom. The number of amides is 1. The van der Waals surface area contributed by atoms with Gasteiger partial charge in [-0.3, -0.25) is 9.69 Å². The molecule has 1 aliphatic rings. The van der Waals surface area contributed by atoms with Crippen molar-refractivity contribution in [2.24, 2.45) is 0 Å². The van der Waals surface area contributed by atoms with Gasteiger partial charge in [-0.15, -0.1) is 11.8 Å². The monoisotopic (exact) mass is 316 g/mol. The molecule has 0 unspecified atom stereocenters. The average molecular weight is 316 g/mol. The smallest absolute Gasteiger partial charge is 0.289 e. The fraction of sp³-hybridized carbons (Fsp3) is 0.353. The number of furan rings is 1. The quantitative estimate of drug-likeness (QED) is 0.813. The van der Waals surface area contributed by atoms with Gasteiger partial charge in [0.1, 0.15) is 0 Å². The van der Waals surface area contributed by atoms with E-state index in [1.54, 1.807) is 30.2 Å². The van der Waals surface area contributed by atoms with Crippen molar-refractivity contribution in [1.82, 2.24) is 9.80 Å². The highest BCUT2D eigenvalue weighted by atomic mass is 32.2. The highest BCUT2D eigenvalue weighted by molar-refractivity contribution is 7.98. The summed E-state index contributed by atoms with van der Waals surface area (Å²) in [4.78, 5) is 17.8. The van der Waals surface area contributed by atoms with E-state index in [-0.39, 0.29) is 5.91 Å². The predicted octanol–water partition coefficient (Wildman–Crippen LogP) is 2.96. The van der Waals surface area contributed by atoms with E-state index in [4.69, 9.17) is 4.42 Å². The van der Waals surface area contributed by atoms with Crippen LogP contribution in [0, 0.1) is 0 Å². The van der Waals surface area contributed by atoms with Gasteiger partial charge in [0.15, 0.2) is 5.76 Å². The Labute approximate surface area is 135 Å². The van der Waals surface area contributed by atoms with E-state index in [0.29, 0.717) is 5.76 Å². The molecule has 1 fully saturated rings. The van der Waals surface area contributed by atoms with Gasteiger partial charge in [0.2, 0.25) is 0 Å². The first-order chi connectivity index (χ1) is 10.8. The van der Waals surface area contributed by atoms with Crippen LogP contribution in [0.15, 0.2) is 52.0 Å². The van der Waals surface area contributed by atoms with Crippen LogP contribution < -0.4 is 0 Å². The molecule has 0 radical (unpaired) electrons. The van der Waals surface area contributed by atoms with E-state index in [2.05, 4.69) is 35.4 Å². The number of piperazine rings is 1. The number of carbonyl (C=O) groups excluding carboxylic acids is 1. The van der Waals surface area contributed by atoms with Crippen molar-refractivity contribution >= 4 is 17.7 Å². The molecule has 1 aromatic carbocycles. The van der Waals surface area contributed by atoms with Crippen molar-refractivity contribution in [3.8, 4) is 0 Å². The molecule has 116 valence electrons. The van der Waals surface area contributed by atoms with Crippen LogP contribution in [-0.4, -0.2) is 48.1 Å². The summed E-state index contributed by atoms with van der Waals surface area (Å²) in [5, 5.41) is 0. The van der Waals surface area contributed by atoms with Crippen LogP contribution in [0.5, 0.6) is 0 Å². The minimum absolute atomic E-state index is 0.00558. The first-order valence-electron chi connectivity index (χ1n) is 7.44. The summed E-state index contributed by atoms with van der Waals surface area (Å²) >= 11 is 1.76. The second-order valence-corrected chi connectivity index (χ2v) is 6.27. The maximum Gasteiger partial charge on any atom is 0.289 e. The number of hydrogen-bond acceptors (Lipinski definition) is 4. The first kappa shape index (κ1) is 15.2. The molecule has 0 aliphatic carbocycles. The normalized spacial score (nSPS) is 16.0. The van der Waals surface area contributed by atoms with Gasteiger partial charge in [-0.2, -0.15) is 0 Å². The van der Waals surface area contributed by atoms with Crippen LogP contribution in [0.4, 0.5) is 0 Å². The van der Waals surface area contributed by atoms with Crippen molar-refractivity contribution in [1.29, 1.82) is 0 Å². The maximum atomic E-state index is 12.2. The van der Waals surface area contributed by atoms with E-state index < -0.39 is 0 Å². The van der Waals surface area contributed by atoms with E-state index in [1.807, 2.05) is 4.90 Å². The van der Waals surface area contributed by atoms with Gasteiger partial charge in [0, 0.05) is 37.6 Å².